The van der Waals surface area contributed by atoms with E-state index in [-0.39, 0.29) is 10.6 Å². The zero-order chi connectivity index (χ0) is 14.8. The van der Waals surface area contributed by atoms with Crippen molar-refractivity contribution in [3.8, 4) is 0 Å². The van der Waals surface area contributed by atoms with E-state index in [9.17, 15) is 8.42 Å². The molecule has 5 nitrogen and oxygen atoms in total. The molecule has 1 fully saturated rings. The van der Waals surface area contributed by atoms with Crippen LogP contribution in [0.15, 0.2) is 11.2 Å². The van der Waals surface area contributed by atoms with Crippen LogP contribution in [0.1, 0.15) is 44.9 Å². The van der Waals surface area contributed by atoms with E-state index >= 15 is 0 Å². The van der Waals surface area contributed by atoms with Crippen molar-refractivity contribution in [1.29, 1.82) is 0 Å². The molecule has 0 unspecified atom stereocenters. The first-order valence-electron chi connectivity index (χ1n) is 7.06. The van der Waals surface area contributed by atoms with Gasteiger partial charge in [-0.1, -0.05) is 35.2 Å². The molecule has 0 spiro atoms. The molecule has 114 valence electrons. The third-order valence-electron chi connectivity index (χ3n) is 3.99. The Balaban J connectivity index is 2.25. The van der Waals surface area contributed by atoms with Gasteiger partial charge in [0.1, 0.15) is 5.82 Å². The largest absolute Gasteiger partial charge is 0.334 e. The van der Waals surface area contributed by atoms with Crippen molar-refractivity contribution in [2.75, 3.05) is 5.33 Å². The quantitative estimate of drug-likeness (QED) is 0.817. The zero-order valence-corrected chi connectivity index (χ0v) is 14.4. The molecule has 0 aromatic carbocycles. The Bertz CT molecular complexity index is 562. The number of aryl methyl sites for hydroxylation is 2. The minimum Gasteiger partial charge on any atom is -0.334 e. The average Bonchev–Trinajstić information content (AvgIpc) is 2.81. The molecule has 0 aliphatic heterocycles. The van der Waals surface area contributed by atoms with Gasteiger partial charge in [-0.25, -0.2) is 18.1 Å². The van der Waals surface area contributed by atoms with Crippen LogP contribution in [0.3, 0.4) is 0 Å². The lowest BCUT2D eigenvalue weighted by atomic mass is 9.84. The molecule has 1 saturated carbocycles. The topological polar surface area (TPSA) is 64.0 Å². The van der Waals surface area contributed by atoms with Gasteiger partial charge in [-0.3, -0.25) is 0 Å². The summed E-state index contributed by atoms with van der Waals surface area (Å²) in [6.45, 7) is 4.51. The lowest BCUT2D eigenvalue weighted by molar-refractivity contribution is 0.301. The van der Waals surface area contributed by atoms with Gasteiger partial charge in [0.15, 0.2) is 5.03 Å². The van der Waals surface area contributed by atoms with Crippen LogP contribution in [0.5, 0.6) is 0 Å². The predicted molar refractivity (Wildman–Crippen MR) is 82.6 cm³/mol. The van der Waals surface area contributed by atoms with Crippen molar-refractivity contribution in [3.63, 3.8) is 0 Å². The maximum absolute atomic E-state index is 12.5. The average molecular weight is 364 g/mol. The number of alkyl halides is 1. The highest BCUT2D eigenvalue weighted by molar-refractivity contribution is 9.09. The summed E-state index contributed by atoms with van der Waals surface area (Å²) >= 11 is 3.47. The smallest absolute Gasteiger partial charge is 0.260 e. The Hall–Kier alpha value is -0.400. The summed E-state index contributed by atoms with van der Waals surface area (Å²) < 4.78 is 29.8. The number of imidazole rings is 1. The standard InChI is InChI=1S/C13H22BrN3O2S/c1-3-17-9-12(15-11(17)2)20(18,19)16-13(10-14)7-5-4-6-8-13/h9,16H,3-8,10H2,1-2H3. The molecular formula is C13H22BrN3O2S. The van der Waals surface area contributed by atoms with Crippen molar-refractivity contribution in [1.82, 2.24) is 14.3 Å². The molecule has 1 aliphatic rings. The monoisotopic (exact) mass is 363 g/mol. The maximum Gasteiger partial charge on any atom is 0.260 e. The molecule has 0 radical (unpaired) electrons. The van der Waals surface area contributed by atoms with Gasteiger partial charge < -0.3 is 4.57 Å². The van der Waals surface area contributed by atoms with Crippen molar-refractivity contribution in [2.45, 2.75) is 63.1 Å². The van der Waals surface area contributed by atoms with Gasteiger partial charge in [0, 0.05) is 23.6 Å². The lowest BCUT2D eigenvalue weighted by Gasteiger charge is -2.35. The van der Waals surface area contributed by atoms with E-state index in [0.29, 0.717) is 5.33 Å². The minimum absolute atomic E-state index is 0.128. The van der Waals surface area contributed by atoms with E-state index in [0.717, 1.165) is 38.1 Å². The van der Waals surface area contributed by atoms with Gasteiger partial charge in [-0.15, -0.1) is 0 Å². The molecule has 0 amide bonds. The molecule has 1 aliphatic carbocycles. The molecule has 1 heterocycles. The van der Waals surface area contributed by atoms with E-state index in [2.05, 4.69) is 25.6 Å². The minimum atomic E-state index is -3.55. The Morgan fingerprint density at radius 1 is 1.40 bits per heavy atom. The number of sulfonamides is 1. The van der Waals surface area contributed by atoms with E-state index in [1.807, 2.05) is 18.4 Å². The maximum atomic E-state index is 12.5. The second-order valence-electron chi connectivity index (χ2n) is 5.49. The summed E-state index contributed by atoms with van der Waals surface area (Å²) in [5.41, 5.74) is -0.360. The number of halogens is 1. The number of rotatable bonds is 5. The molecule has 20 heavy (non-hydrogen) atoms. The summed E-state index contributed by atoms with van der Waals surface area (Å²) in [6, 6.07) is 0. The summed E-state index contributed by atoms with van der Waals surface area (Å²) in [5, 5.41) is 0.773. The molecule has 1 aromatic rings. The van der Waals surface area contributed by atoms with Crippen LogP contribution in [0.25, 0.3) is 0 Å². The van der Waals surface area contributed by atoms with Crippen molar-refractivity contribution < 1.29 is 8.42 Å². The van der Waals surface area contributed by atoms with Crippen LogP contribution in [0.4, 0.5) is 0 Å². The first-order valence-corrected chi connectivity index (χ1v) is 9.67. The lowest BCUT2D eigenvalue weighted by Crippen LogP contribution is -2.51. The van der Waals surface area contributed by atoms with E-state index in [1.165, 1.54) is 6.42 Å². The van der Waals surface area contributed by atoms with E-state index in [1.54, 1.807) is 6.20 Å². The Morgan fingerprint density at radius 3 is 2.55 bits per heavy atom. The van der Waals surface area contributed by atoms with Gasteiger partial charge in [-0.2, -0.15) is 0 Å². The molecule has 2 rings (SSSR count). The molecule has 0 atom stereocenters. The molecule has 1 aromatic heterocycles. The second-order valence-corrected chi connectivity index (χ2v) is 7.68. The summed E-state index contributed by atoms with van der Waals surface area (Å²) in [4.78, 5) is 4.18. The predicted octanol–water partition coefficient (Wildman–Crippen LogP) is 2.59. The van der Waals surface area contributed by atoms with Crippen molar-refractivity contribution in [2.24, 2.45) is 0 Å². The number of aromatic nitrogens is 2. The Kier molecular flexibility index (Phi) is 4.92. The first-order chi connectivity index (χ1) is 9.42. The fraction of sp³-hybridized carbons (Fsp3) is 0.769. The fourth-order valence-corrected chi connectivity index (χ4v) is 5.11. The van der Waals surface area contributed by atoms with Crippen molar-refractivity contribution in [3.05, 3.63) is 12.0 Å². The molecular weight excluding hydrogens is 342 g/mol. The summed E-state index contributed by atoms with van der Waals surface area (Å²) in [5.74, 6) is 0.726. The first kappa shape index (κ1) is 16.0. The van der Waals surface area contributed by atoms with Crippen molar-refractivity contribution >= 4 is 26.0 Å². The third-order valence-corrected chi connectivity index (χ3v) is 6.51. The van der Waals surface area contributed by atoms with Gasteiger partial charge in [0.25, 0.3) is 10.0 Å². The third kappa shape index (κ3) is 3.26. The molecule has 7 heteroatoms. The second kappa shape index (κ2) is 6.15. The van der Waals surface area contributed by atoms with Crippen LogP contribution in [0.2, 0.25) is 0 Å². The van der Waals surface area contributed by atoms with Crippen LogP contribution >= 0.6 is 15.9 Å². The van der Waals surface area contributed by atoms with Gasteiger partial charge >= 0.3 is 0 Å². The van der Waals surface area contributed by atoms with Crippen LogP contribution in [-0.4, -0.2) is 28.8 Å². The normalized spacial score (nSPS) is 19.1. The zero-order valence-electron chi connectivity index (χ0n) is 12.0. The van der Waals surface area contributed by atoms with Gasteiger partial charge in [-0.05, 0) is 26.7 Å². The number of nitrogens with zero attached hydrogens (tertiary/aromatic N) is 2. The van der Waals surface area contributed by atoms with Gasteiger partial charge in [0.2, 0.25) is 0 Å². The molecule has 1 N–H and O–H groups in total. The summed E-state index contributed by atoms with van der Waals surface area (Å²) in [7, 11) is -3.55. The SMILES string of the molecule is CCn1cc(S(=O)(=O)NC2(CBr)CCCCC2)nc1C. The number of nitrogens with one attached hydrogen (secondary N) is 1. The Labute approximate surface area is 129 Å². The Morgan fingerprint density at radius 2 is 2.05 bits per heavy atom. The van der Waals surface area contributed by atoms with Crippen LogP contribution in [-0.2, 0) is 16.6 Å². The van der Waals surface area contributed by atoms with E-state index < -0.39 is 10.0 Å². The summed E-state index contributed by atoms with van der Waals surface area (Å²) in [6.07, 6.45) is 6.69. The van der Waals surface area contributed by atoms with Crippen LogP contribution < -0.4 is 4.72 Å². The van der Waals surface area contributed by atoms with Crippen LogP contribution in [0, 0.1) is 6.92 Å². The highest BCUT2D eigenvalue weighted by atomic mass is 79.9. The van der Waals surface area contributed by atoms with E-state index in [4.69, 9.17) is 0 Å². The fourth-order valence-electron chi connectivity index (χ4n) is 2.76. The number of hydrogen-bond acceptors (Lipinski definition) is 3. The number of hydrogen-bond donors (Lipinski definition) is 1. The van der Waals surface area contributed by atoms with Gasteiger partial charge in [0.05, 0.1) is 0 Å². The molecule has 0 saturated heterocycles. The highest BCUT2D eigenvalue weighted by Crippen LogP contribution is 2.31. The highest BCUT2D eigenvalue weighted by Gasteiger charge is 2.36. The molecule has 0 bridgehead atoms.